The van der Waals surface area contributed by atoms with Crippen LogP contribution in [0.15, 0.2) is 49.1 Å². The summed E-state index contributed by atoms with van der Waals surface area (Å²) in [6.07, 6.45) is 7.44. The molecule has 4 heterocycles. The van der Waals surface area contributed by atoms with Crippen molar-refractivity contribution in [3.8, 4) is 28.4 Å². The SMILES string of the molecule is CCCn1cc(-c2cc3c(cc2F)OCCC[C@H](C)n2cnnc2-c2cccc(n2)NC3=O)cn1. The molecule has 3 aromatic heterocycles. The minimum atomic E-state index is -0.476. The summed E-state index contributed by atoms with van der Waals surface area (Å²) < 4.78 is 24.8. The number of fused-ring (bicyclic) bond motifs is 5. The zero-order valence-corrected chi connectivity index (χ0v) is 19.6. The number of halogens is 1. The number of nitrogens with one attached hydrogen (secondary N) is 1. The topological polar surface area (TPSA) is 99.8 Å². The smallest absolute Gasteiger partial charge is 0.260 e. The van der Waals surface area contributed by atoms with Crippen LogP contribution in [0.4, 0.5) is 10.2 Å². The summed E-state index contributed by atoms with van der Waals surface area (Å²) in [7, 11) is 0. The molecule has 0 spiro atoms. The van der Waals surface area contributed by atoms with Crippen molar-refractivity contribution < 1.29 is 13.9 Å². The molecule has 0 saturated carbocycles. The van der Waals surface area contributed by atoms with Crippen molar-refractivity contribution in [2.75, 3.05) is 11.9 Å². The lowest BCUT2D eigenvalue weighted by Crippen LogP contribution is -2.17. The van der Waals surface area contributed by atoms with Gasteiger partial charge in [0.25, 0.3) is 5.91 Å². The lowest BCUT2D eigenvalue weighted by molar-refractivity contribution is 0.102. The Morgan fingerprint density at radius 2 is 2.14 bits per heavy atom. The van der Waals surface area contributed by atoms with Gasteiger partial charge in [-0.05, 0) is 44.4 Å². The van der Waals surface area contributed by atoms with Gasteiger partial charge in [0.15, 0.2) is 5.82 Å². The lowest BCUT2D eigenvalue weighted by Gasteiger charge is -2.18. The number of aromatic nitrogens is 6. The number of anilines is 1. The van der Waals surface area contributed by atoms with Gasteiger partial charge in [-0.1, -0.05) is 13.0 Å². The third-order valence-corrected chi connectivity index (χ3v) is 6.00. The van der Waals surface area contributed by atoms with Crippen molar-refractivity contribution in [3.05, 3.63) is 60.4 Å². The maximum atomic E-state index is 15.2. The molecule has 0 radical (unpaired) electrons. The number of hydrogen-bond acceptors (Lipinski definition) is 6. The Hall–Kier alpha value is -4.08. The Balaban J connectivity index is 1.55. The number of nitrogens with zero attached hydrogens (tertiary/aromatic N) is 6. The number of benzene rings is 1. The average molecular weight is 476 g/mol. The Morgan fingerprint density at radius 1 is 1.26 bits per heavy atom. The molecule has 5 rings (SSSR count). The molecule has 1 amide bonds. The van der Waals surface area contributed by atoms with E-state index in [-0.39, 0.29) is 22.9 Å². The van der Waals surface area contributed by atoms with E-state index in [0.717, 1.165) is 19.4 Å². The molecule has 35 heavy (non-hydrogen) atoms. The van der Waals surface area contributed by atoms with Gasteiger partial charge in [-0.25, -0.2) is 9.37 Å². The molecule has 1 atom stereocenters. The van der Waals surface area contributed by atoms with Crippen LogP contribution in [0.5, 0.6) is 5.75 Å². The van der Waals surface area contributed by atoms with Gasteiger partial charge in [-0.3, -0.25) is 9.48 Å². The van der Waals surface area contributed by atoms with Crippen molar-refractivity contribution in [3.63, 3.8) is 0 Å². The fourth-order valence-corrected chi connectivity index (χ4v) is 4.19. The van der Waals surface area contributed by atoms with Gasteiger partial charge in [0, 0.05) is 36.0 Å². The van der Waals surface area contributed by atoms with Gasteiger partial charge in [-0.2, -0.15) is 5.10 Å². The van der Waals surface area contributed by atoms with E-state index < -0.39 is 11.7 Å². The number of amides is 1. The molecule has 1 aliphatic heterocycles. The third kappa shape index (κ3) is 4.64. The number of aryl methyl sites for hydroxylation is 1. The van der Waals surface area contributed by atoms with Crippen LogP contribution in [0.1, 0.15) is 49.5 Å². The standard InChI is InChI=1S/C25H26FN7O2/c1-3-9-32-14-17(13-28-32)18-11-19-22(12-20(18)26)35-10-5-6-16(2)33-15-27-31-24(33)21-7-4-8-23(29-21)30-25(19)34/h4,7-8,11-16H,3,5-6,9-10H2,1-2H3,(H,29,30,34)/t16-/m0/s1. The summed E-state index contributed by atoms with van der Waals surface area (Å²) in [5.74, 6) is 0.241. The molecule has 180 valence electrons. The van der Waals surface area contributed by atoms with Crippen molar-refractivity contribution in [1.82, 2.24) is 29.5 Å². The normalized spacial score (nSPS) is 16.0. The van der Waals surface area contributed by atoms with Crippen molar-refractivity contribution in [2.45, 2.75) is 45.7 Å². The minimum Gasteiger partial charge on any atom is -0.493 e. The van der Waals surface area contributed by atoms with Crippen molar-refractivity contribution in [2.24, 2.45) is 0 Å². The summed E-state index contributed by atoms with van der Waals surface area (Å²) in [5, 5.41) is 15.4. The molecule has 1 aromatic carbocycles. The molecule has 2 bridgehead atoms. The van der Waals surface area contributed by atoms with Gasteiger partial charge in [0.1, 0.15) is 29.4 Å². The molecular formula is C25H26FN7O2. The van der Waals surface area contributed by atoms with Crippen molar-refractivity contribution >= 4 is 11.7 Å². The first-order valence-electron chi connectivity index (χ1n) is 11.7. The first-order chi connectivity index (χ1) is 17.0. The van der Waals surface area contributed by atoms with Gasteiger partial charge in [0.05, 0.1) is 18.4 Å². The van der Waals surface area contributed by atoms with E-state index in [1.807, 2.05) is 17.6 Å². The number of hydrogen-bond donors (Lipinski definition) is 1. The van der Waals surface area contributed by atoms with Crippen LogP contribution >= 0.6 is 0 Å². The summed E-state index contributed by atoms with van der Waals surface area (Å²) in [5.41, 5.74) is 1.71. The first-order valence-corrected chi connectivity index (χ1v) is 11.7. The second-order valence-electron chi connectivity index (χ2n) is 8.58. The van der Waals surface area contributed by atoms with E-state index in [9.17, 15) is 4.79 Å². The Bertz CT molecular complexity index is 1360. The highest BCUT2D eigenvalue weighted by Crippen LogP contribution is 2.31. The quantitative estimate of drug-likeness (QED) is 0.460. The van der Waals surface area contributed by atoms with E-state index >= 15 is 4.39 Å². The van der Waals surface area contributed by atoms with Crippen LogP contribution in [0, 0.1) is 5.82 Å². The highest BCUT2D eigenvalue weighted by Gasteiger charge is 2.21. The Labute approximate surface area is 202 Å². The van der Waals surface area contributed by atoms with E-state index in [4.69, 9.17) is 4.74 Å². The molecule has 0 unspecified atom stereocenters. The minimum absolute atomic E-state index is 0.102. The second-order valence-corrected chi connectivity index (χ2v) is 8.58. The fraction of sp³-hybridized carbons (Fsp3) is 0.320. The van der Waals surface area contributed by atoms with Crippen LogP contribution in [0.3, 0.4) is 0 Å². The molecule has 9 nitrogen and oxygen atoms in total. The number of carbonyl (C=O) groups excluding carboxylic acids is 1. The maximum Gasteiger partial charge on any atom is 0.260 e. The zero-order valence-electron chi connectivity index (χ0n) is 19.6. The summed E-state index contributed by atoms with van der Waals surface area (Å²) in [6, 6.07) is 8.21. The molecule has 0 saturated heterocycles. The molecule has 0 fully saturated rings. The number of carbonyl (C=O) groups is 1. The first kappa shape index (κ1) is 22.7. The van der Waals surface area contributed by atoms with Crippen LogP contribution in [0.25, 0.3) is 22.6 Å². The van der Waals surface area contributed by atoms with Gasteiger partial charge in [0.2, 0.25) is 0 Å². The molecule has 0 aliphatic carbocycles. The maximum absolute atomic E-state index is 15.2. The highest BCUT2D eigenvalue weighted by atomic mass is 19.1. The Kier molecular flexibility index (Phi) is 6.26. The largest absolute Gasteiger partial charge is 0.493 e. The molecule has 10 heteroatoms. The van der Waals surface area contributed by atoms with Crippen LogP contribution in [-0.4, -0.2) is 42.0 Å². The fourth-order valence-electron chi connectivity index (χ4n) is 4.19. The van der Waals surface area contributed by atoms with Gasteiger partial charge < -0.3 is 14.6 Å². The average Bonchev–Trinajstić information content (AvgIpc) is 3.52. The van der Waals surface area contributed by atoms with E-state index in [1.54, 1.807) is 35.5 Å². The molecular weight excluding hydrogens is 449 g/mol. The summed E-state index contributed by atoms with van der Waals surface area (Å²) in [6.45, 7) is 5.18. The predicted octanol–water partition coefficient (Wildman–Crippen LogP) is 4.74. The highest BCUT2D eigenvalue weighted by molar-refractivity contribution is 6.06. The van der Waals surface area contributed by atoms with E-state index in [1.165, 1.54) is 12.1 Å². The summed E-state index contributed by atoms with van der Waals surface area (Å²) in [4.78, 5) is 17.9. The van der Waals surface area contributed by atoms with Gasteiger partial charge in [-0.15, -0.1) is 10.2 Å². The molecule has 1 aliphatic rings. The summed E-state index contributed by atoms with van der Waals surface area (Å²) >= 11 is 0. The monoisotopic (exact) mass is 475 g/mol. The van der Waals surface area contributed by atoms with E-state index in [2.05, 4.69) is 32.5 Å². The molecule has 4 aromatic rings. The predicted molar refractivity (Wildman–Crippen MR) is 129 cm³/mol. The van der Waals surface area contributed by atoms with Gasteiger partial charge >= 0.3 is 0 Å². The number of rotatable bonds is 3. The number of ether oxygens (including phenoxy) is 1. The van der Waals surface area contributed by atoms with Crippen LogP contribution in [-0.2, 0) is 6.54 Å². The number of pyridine rings is 1. The lowest BCUT2D eigenvalue weighted by atomic mass is 10.0. The van der Waals surface area contributed by atoms with Crippen molar-refractivity contribution in [1.29, 1.82) is 0 Å². The zero-order chi connectivity index (χ0) is 24.4. The second kappa shape index (κ2) is 9.65. The van der Waals surface area contributed by atoms with E-state index in [0.29, 0.717) is 35.9 Å². The third-order valence-electron chi connectivity index (χ3n) is 6.00. The molecule has 1 N–H and O–H groups in total. The Morgan fingerprint density at radius 3 is 3.00 bits per heavy atom. The van der Waals surface area contributed by atoms with Crippen LogP contribution < -0.4 is 10.1 Å². The van der Waals surface area contributed by atoms with Crippen LogP contribution in [0.2, 0.25) is 0 Å².